The fraction of sp³-hybridized carbons (Fsp3) is 0.167. The second-order valence-corrected chi connectivity index (χ2v) is 4.59. The van der Waals surface area contributed by atoms with Crippen LogP contribution >= 0.6 is 0 Å². The zero-order valence-electron chi connectivity index (χ0n) is 12.0. The highest BCUT2D eigenvalue weighted by Crippen LogP contribution is 2.29. The Kier molecular flexibility index (Phi) is 4.36. The first kappa shape index (κ1) is 14.1. The van der Waals surface area contributed by atoms with Crippen molar-refractivity contribution in [3.05, 3.63) is 65.7 Å². The van der Waals surface area contributed by atoms with Gasteiger partial charge in [-0.25, -0.2) is 0 Å². The van der Waals surface area contributed by atoms with Crippen molar-refractivity contribution in [3.8, 4) is 16.9 Å². The molecule has 0 saturated carbocycles. The molecule has 20 heavy (non-hydrogen) atoms. The Balaban J connectivity index is 2.56. The van der Waals surface area contributed by atoms with Gasteiger partial charge in [-0.3, -0.25) is 4.79 Å². The van der Waals surface area contributed by atoms with Crippen molar-refractivity contribution in [3.63, 3.8) is 0 Å². The van der Waals surface area contributed by atoms with E-state index in [4.69, 9.17) is 4.74 Å². The van der Waals surface area contributed by atoms with Crippen molar-refractivity contribution in [2.75, 3.05) is 7.11 Å². The number of hydrogen-bond donors (Lipinski definition) is 0. The zero-order valence-corrected chi connectivity index (χ0v) is 12.0. The van der Waals surface area contributed by atoms with E-state index >= 15 is 0 Å². The summed E-state index contributed by atoms with van der Waals surface area (Å²) < 4.78 is 5.17. The molecular weight excluding hydrogens is 248 g/mol. The van der Waals surface area contributed by atoms with E-state index in [2.05, 4.69) is 0 Å². The summed E-state index contributed by atoms with van der Waals surface area (Å²) in [5.74, 6) is 0.839. The van der Waals surface area contributed by atoms with Crippen LogP contribution in [0.15, 0.2) is 54.6 Å². The first-order valence-corrected chi connectivity index (χ1v) is 6.58. The zero-order chi connectivity index (χ0) is 14.5. The van der Waals surface area contributed by atoms with E-state index in [-0.39, 0.29) is 5.78 Å². The Labute approximate surface area is 119 Å². The lowest BCUT2D eigenvalue weighted by Crippen LogP contribution is -1.99. The average Bonchev–Trinajstić information content (AvgIpc) is 2.47. The van der Waals surface area contributed by atoms with Crippen molar-refractivity contribution < 1.29 is 9.53 Å². The molecule has 2 aromatic rings. The quantitative estimate of drug-likeness (QED) is 0.604. The summed E-state index contributed by atoms with van der Waals surface area (Å²) in [7, 11) is 1.64. The van der Waals surface area contributed by atoms with Gasteiger partial charge in [0.2, 0.25) is 0 Å². The summed E-state index contributed by atoms with van der Waals surface area (Å²) in [6.07, 6.45) is 3.37. The fourth-order valence-electron chi connectivity index (χ4n) is 2.26. The third kappa shape index (κ3) is 2.80. The van der Waals surface area contributed by atoms with Crippen LogP contribution in [0, 0.1) is 6.92 Å². The molecule has 0 aliphatic carbocycles. The molecule has 0 fully saturated rings. The van der Waals surface area contributed by atoms with E-state index in [0.29, 0.717) is 0 Å². The van der Waals surface area contributed by atoms with Crippen LogP contribution in [0.5, 0.6) is 5.75 Å². The first-order chi connectivity index (χ1) is 9.67. The van der Waals surface area contributed by atoms with Crippen molar-refractivity contribution in [2.45, 2.75) is 13.8 Å². The van der Waals surface area contributed by atoms with Crippen LogP contribution in [0.3, 0.4) is 0 Å². The summed E-state index contributed by atoms with van der Waals surface area (Å²) in [6, 6.07) is 13.6. The van der Waals surface area contributed by atoms with Gasteiger partial charge >= 0.3 is 0 Å². The van der Waals surface area contributed by atoms with Gasteiger partial charge in [-0.2, -0.15) is 0 Å². The molecule has 0 unspecified atom stereocenters. The lowest BCUT2D eigenvalue weighted by Gasteiger charge is -2.11. The number of rotatable bonds is 4. The molecule has 0 heterocycles. The number of benzene rings is 2. The third-order valence-electron chi connectivity index (χ3n) is 3.23. The van der Waals surface area contributed by atoms with E-state index in [1.165, 1.54) is 0 Å². The van der Waals surface area contributed by atoms with Gasteiger partial charge < -0.3 is 4.74 Å². The van der Waals surface area contributed by atoms with Crippen LogP contribution < -0.4 is 4.74 Å². The van der Waals surface area contributed by atoms with Crippen molar-refractivity contribution in [1.82, 2.24) is 0 Å². The number of aryl methyl sites for hydroxylation is 1. The number of hydrogen-bond acceptors (Lipinski definition) is 2. The summed E-state index contributed by atoms with van der Waals surface area (Å²) in [5, 5.41) is 0. The van der Waals surface area contributed by atoms with Gasteiger partial charge in [0.25, 0.3) is 0 Å². The van der Waals surface area contributed by atoms with Crippen LogP contribution in [0.2, 0.25) is 0 Å². The molecule has 0 aromatic heterocycles. The molecule has 2 aromatic carbocycles. The SMILES string of the molecule is CC=CC(=O)c1cccc(C)c1-c1ccc(OC)cc1. The molecular formula is C18H18O2. The maximum absolute atomic E-state index is 12.2. The summed E-state index contributed by atoms with van der Waals surface area (Å²) in [5.41, 5.74) is 3.83. The normalized spacial score (nSPS) is 10.8. The lowest BCUT2D eigenvalue weighted by molar-refractivity contribution is 0.104. The van der Waals surface area contributed by atoms with Gasteiger partial charge in [0.15, 0.2) is 5.78 Å². The minimum absolute atomic E-state index is 0.0296. The number of carbonyl (C=O) groups is 1. The predicted octanol–water partition coefficient (Wildman–Crippen LogP) is 4.43. The van der Waals surface area contributed by atoms with E-state index in [1.807, 2.05) is 56.3 Å². The minimum Gasteiger partial charge on any atom is -0.497 e. The number of carbonyl (C=O) groups excluding carboxylic acids is 1. The van der Waals surface area contributed by atoms with Gasteiger partial charge in [-0.15, -0.1) is 0 Å². The van der Waals surface area contributed by atoms with E-state index in [1.54, 1.807) is 19.3 Å². The molecule has 0 bridgehead atoms. The molecule has 0 amide bonds. The molecule has 0 aliphatic heterocycles. The summed E-state index contributed by atoms with van der Waals surface area (Å²) in [6.45, 7) is 3.87. The van der Waals surface area contributed by atoms with E-state index in [9.17, 15) is 4.79 Å². The molecule has 0 radical (unpaired) electrons. The van der Waals surface area contributed by atoms with Crippen LogP contribution in [0.4, 0.5) is 0 Å². The predicted molar refractivity (Wildman–Crippen MR) is 82.3 cm³/mol. The fourth-order valence-corrected chi connectivity index (χ4v) is 2.26. The monoisotopic (exact) mass is 266 g/mol. The van der Waals surface area contributed by atoms with E-state index in [0.717, 1.165) is 28.0 Å². The van der Waals surface area contributed by atoms with Crippen LogP contribution in [-0.2, 0) is 0 Å². The van der Waals surface area contributed by atoms with Crippen LogP contribution in [0.25, 0.3) is 11.1 Å². The van der Waals surface area contributed by atoms with E-state index < -0.39 is 0 Å². The van der Waals surface area contributed by atoms with Gasteiger partial charge in [-0.05, 0) is 48.7 Å². The van der Waals surface area contributed by atoms with Crippen LogP contribution in [0.1, 0.15) is 22.8 Å². The highest BCUT2D eigenvalue weighted by molar-refractivity contribution is 6.09. The lowest BCUT2D eigenvalue weighted by atomic mass is 9.92. The third-order valence-corrected chi connectivity index (χ3v) is 3.23. The average molecular weight is 266 g/mol. The molecule has 2 nitrogen and oxygen atoms in total. The Morgan fingerprint density at radius 2 is 1.80 bits per heavy atom. The number of ether oxygens (including phenoxy) is 1. The molecule has 0 N–H and O–H groups in total. The highest BCUT2D eigenvalue weighted by Gasteiger charge is 2.12. The smallest absolute Gasteiger partial charge is 0.186 e. The number of allylic oxidation sites excluding steroid dienone is 2. The van der Waals surface area contributed by atoms with Gasteiger partial charge in [0.05, 0.1) is 7.11 Å². The Morgan fingerprint density at radius 3 is 2.40 bits per heavy atom. The molecule has 0 saturated heterocycles. The van der Waals surface area contributed by atoms with Gasteiger partial charge in [0.1, 0.15) is 5.75 Å². The molecule has 0 spiro atoms. The molecule has 2 rings (SSSR count). The van der Waals surface area contributed by atoms with Crippen LogP contribution in [-0.4, -0.2) is 12.9 Å². The Hall–Kier alpha value is -2.35. The summed E-state index contributed by atoms with van der Waals surface area (Å²) >= 11 is 0. The topological polar surface area (TPSA) is 26.3 Å². The minimum atomic E-state index is 0.0296. The molecule has 102 valence electrons. The summed E-state index contributed by atoms with van der Waals surface area (Å²) in [4.78, 5) is 12.2. The second kappa shape index (κ2) is 6.20. The largest absolute Gasteiger partial charge is 0.497 e. The van der Waals surface area contributed by atoms with Crippen molar-refractivity contribution >= 4 is 5.78 Å². The number of ketones is 1. The Bertz CT molecular complexity index is 637. The van der Waals surface area contributed by atoms with Crippen molar-refractivity contribution in [2.24, 2.45) is 0 Å². The Morgan fingerprint density at radius 1 is 1.10 bits per heavy atom. The van der Waals surface area contributed by atoms with Gasteiger partial charge in [-0.1, -0.05) is 36.4 Å². The highest BCUT2D eigenvalue weighted by atomic mass is 16.5. The second-order valence-electron chi connectivity index (χ2n) is 4.59. The number of methoxy groups -OCH3 is 1. The van der Waals surface area contributed by atoms with Gasteiger partial charge in [0, 0.05) is 5.56 Å². The standard InChI is InChI=1S/C18H18O2/c1-4-6-17(19)16-8-5-7-13(2)18(16)14-9-11-15(20-3)12-10-14/h4-12H,1-3H3. The molecule has 0 aliphatic rings. The molecule has 0 atom stereocenters. The van der Waals surface area contributed by atoms with Crippen molar-refractivity contribution in [1.29, 1.82) is 0 Å². The molecule has 2 heteroatoms. The maximum Gasteiger partial charge on any atom is 0.186 e. The maximum atomic E-state index is 12.2. The first-order valence-electron chi connectivity index (χ1n) is 6.58.